The summed E-state index contributed by atoms with van der Waals surface area (Å²) in [5.41, 5.74) is -1.30. The van der Waals surface area contributed by atoms with E-state index in [1.807, 2.05) is 4.90 Å². The van der Waals surface area contributed by atoms with Crippen molar-refractivity contribution >= 4 is 23.4 Å². The molecule has 1 aromatic carbocycles. The van der Waals surface area contributed by atoms with Gasteiger partial charge in [-0.1, -0.05) is 12.1 Å². The summed E-state index contributed by atoms with van der Waals surface area (Å²) in [5, 5.41) is 18.7. The number of benzene rings is 1. The van der Waals surface area contributed by atoms with Crippen LogP contribution < -0.4 is 10.2 Å². The van der Waals surface area contributed by atoms with Crippen molar-refractivity contribution in [1.82, 2.24) is 10.2 Å². The largest absolute Gasteiger partial charge is 0.476 e. The van der Waals surface area contributed by atoms with Crippen LogP contribution in [0.1, 0.15) is 28.9 Å². The molecule has 0 atom stereocenters. The molecule has 0 aliphatic carbocycles. The molecule has 1 fully saturated rings. The summed E-state index contributed by atoms with van der Waals surface area (Å²) in [5.74, 6) is -1.56. The van der Waals surface area contributed by atoms with Crippen molar-refractivity contribution in [2.75, 3.05) is 23.3 Å². The van der Waals surface area contributed by atoms with E-state index in [1.54, 1.807) is 0 Å². The summed E-state index contributed by atoms with van der Waals surface area (Å²) in [4.78, 5) is 25.1. The van der Waals surface area contributed by atoms with E-state index in [-0.39, 0.29) is 11.4 Å². The van der Waals surface area contributed by atoms with Gasteiger partial charge in [0, 0.05) is 19.0 Å². The summed E-state index contributed by atoms with van der Waals surface area (Å²) in [6, 6.07) is 7.75. The molecule has 0 saturated carbocycles. The maximum absolute atomic E-state index is 13.1. The third-order valence-electron chi connectivity index (χ3n) is 4.55. The van der Waals surface area contributed by atoms with Gasteiger partial charge >= 0.3 is 12.1 Å². The fourth-order valence-corrected chi connectivity index (χ4v) is 3.05. The normalized spacial score (nSPS) is 15.3. The number of hydrogen-bond acceptors (Lipinski definition) is 5. The van der Waals surface area contributed by atoms with Crippen LogP contribution in [0.2, 0.25) is 0 Å². The molecule has 0 spiro atoms. The molecule has 28 heavy (non-hydrogen) atoms. The molecule has 0 bridgehead atoms. The minimum absolute atomic E-state index is 0.165. The van der Waals surface area contributed by atoms with Crippen LogP contribution in [-0.4, -0.2) is 40.3 Å². The Morgan fingerprint density at radius 2 is 1.75 bits per heavy atom. The first-order valence-electron chi connectivity index (χ1n) is 8.55. The highest BCUT2D eigenvalue weighted by atomic mass is 19.4. The van der Waals surface area contributed by atoms with Gasteiger partial charge in [-0.15, -0.1) is 10.2 Å². The Balaban J connectivity index is 1.61. The number of aromatic nitrogens is 2. The molecule has 1 aromatic heterocycles. The van der Waals surface area contributed by atoms with Gasteiger partial charge in [-0.05, 0) is 37.1 Å². The minimum Gasteiger partial charge on any atom is -0.476 e. The zero-order chi connectivity index (χ0) is 20.3. The van der Waals surface area contributed by atoms with Crippen LogP contribution in [-0.2, 0) is 11.0 Å². The van der Waals surface area contributed by atoms with E-state index in [0.717, 1.165) is 6.07 Å². The number of alkyl halides is 3. The van der Waals surface area contributed by atoms with Gasteiger partial charge in [0.2, 0.25) is 5.91 Å². The first-order valence-corrected chi connectivity index (χ1v) is 8.55. The second-order valence-electron chi connectivity index (χ2n) is 6.38. The van der Waals surface area contributed by atoms with Gasteiger partial charge in [0.1, 0.15) is 0 Å². The molecule has 3 rings (SSSR count). The van der Waals surface area contributed by atoms with Crippen molar-refractivity contribution in [3.63, 3.8) is 0 Å². The van der Waals surface area contributed by atoms with Crippen LogP contribution in [0.3, 0.4) is 0 Å². The van der Waals surface area contributed by atoms with Crippen molar-refractivity contribution in [3.05, 3.63) is 47.7 Å². The van der Waals surface area contributed by atoms with E-state index >= 15 is 0 Å². The quantitative estimate of drug-likeness (QED) is 0.828. The molecule has 2 N–H and O–H groups in total. The number of carboxylic acids is 1. The maximum Gasteiger partial charge on any atom is 0.418 e. The number of rotatable bonds is 4. The van der Waals surface area contributed by atoms with Crippen molar-refractivity contribution in [2.45, 2.75) is 19.0 Å². The highest BCUT2D eigenvalue weighted by Gasteiger charge is 2.34. The number of halogens is 3. The zero-order valence-corrected chi connectivity index (χ0v) is 14.6. The van der Waals surface area contributed by atoms with Gasteiger partial charge in [-0.3, -0.25) is 4.79 Å². The average Bonchev–Trinajstić information content (AvgIpc) is 2.68. The smallest absolute Gasteiger partial charge is 0.418 e. The molecule has 1 saturated heterocycles. The molecule has 0 unspecified atom stereocenters. The molecule has 10 heteroatoms. The number of amides is 1. The fourth-order valence-electron chi connectivity index (χ4n) is 3.05. The molecule has 148 valence electrons. The first kappa shape index (κ1) is 19.6. The summed E-state index contributed by atoms with van der Waals surface area (Å²) < 4.78 is 39.2. The first-order chi connectivity index (χ1) is 13.3. The van der Waals surface area contributed by atoms with Gasteiger partial charge in [0.25, 0.3) is 0 Å². The van der Waals surface area contributed by atoms with Crippen LogP contribution in [0.4, 0.5) is 24.7 Å². The molecule has 7 nitrogen and oxygen atoms in total. The summed E-state index contributed by atoms with van der Waals surface area (Å²) in [6.45, 7) is 0.917. The highest BCUT2D eigenvalue weighted by molar-refractivity contribution is 5.93. The lowest BCUT2D eigenvalue weighted by Crippen LogP contribution is -2.38. The summed E-state index contributed by atoms with van der Waals surface area (Å²) in [7, 11) is 0. The number of hydrogen-bond donors (Lipinski definition) is 2. The highest BCUT2D eigenvalue weighted by Crippen LogP contribution is 2.35. The lowest BCUT2D eigenvalue weighted by Gasteiger charge is -2.32. The Bertz CT molecular complexity index is 863. The molecular weight excluding hydrogens is 377 g/mol. The van der Waals surface area contributed by atoms with Gasteiger partial charge in [0.05, 0.1) is 11.3 Å². The topological polar surface area (TPSA) is 95.4 Å². The van der Waals surface area contributed by atoms with Crippen LogP contribution in [0.15, 0.2) is 36.4 Å². The van der Waals surface area contributed by atoms with Gasteiger partial charge in [-0.25, -0.2) is 4.79 Å². The molecule has 1 amide bonds. The van der Waals surface area contributed by atoms with Crippen molar-refractivity contribution < 1.29 is 27.9 Å². The van der Waals surface area contributed by atoms with Crippen LogP contribution in [0.5, 0.6) is 0 Å². The SMILES string of the molecule is O=C(O)c1ccc(N2CCC(C(=O)Nc3ccccc3C(F)(F)F)CC2)nn1. The second-order valence-corrected chi connectivity index (χ2v) is 6.38. The van der Waals surface area contributed by atoms with E-state index in [4.69, 9.17) is 5.11 Å². The zero-order valence-electron chi connectivity index (χ0n) is 14.6. The molecule has 2 aromatic rings. The number of carboxylic acid groups (broad SMARTS) is 1. The summed E-state index contributed by atoms with van der Waals surface area (Å²) in [6.07, 6.45) is -3.68. The standard InChI is InChI=1S/C18H17F3N4O3/c19-18(20,21)12-3-1-2-4-13(12)22-16(26)11-7-9-25(10-8-11)15-6-5-14(17(27)28)23-24-15/h1-6,11H,7-10H2,(H,22,26)(H,27,28). The van der Waals surface area contributed by atoms with Crippen molar-refractivity contribution in [3.8, 4) is 0 Å². The third-order valence-corrected chi connectivity index (χ3v) is 4.55. The lowest BCUT2D eigenvalue weighted by atomic mass is 9.95. The van der Waals surface area contributed by atoms with Crippen molar-refractivity contribution in [2.24, 2.45) is 5.92 Å². The lowest BCUT2D eigenvalue weighted by molar-refractivity contribution is -0.137. The van der Waals surface area contributed by atoms with Gasteiger partial charge in [-0.2, -0.15) is 13.2 Å². The Kier molecular flexibility index (Phi) is 5.48. The van der Waals surface area contributed by atoms with Gasteiger partial charge < -0.3 is 15.3 Å². The van der Waals surface area contributed by atoms with E-state index in [0.29, 0.717) is 31.7 Å². The number of piperidine rings is 1. The molecule has 2 heterocycles. The maximum atomic E-state index is 13.1. The van der Waals surface area contributed by atoms with Gasteiger partial charge in [0.15, 0.2) is 11.5 Å². The number of carbonyl (C=O) groups excluding carboxylic acids is 1. The fraction of sp³-hybridized carbons (Fsp3) is 0.333. The molecule has 0 radical (unpaired) electrons. The monoisotopic (exact) mass is 394 g/mol. The number of nitrogens with zero attached hydrogens (tertiary/aromatic N) is 3. The predicted octanol–water partition coefficient (Wildman–Crippen LogP) is 3.05. The van der Waals surface area contributed by atoms with E-state index in [1.165, 1.54) is 30.3 Å². The van der Waals surface area contributed by atoms with E-state index < -0.39 is 29.5 Å². The Hall–Kier alpha value is -3.17. The average molecular weight is 394 g/mol. The van der Waals surface area contributed by atoms with Crippen LogP contribution >= 0.6 is 0 Å². The van der Waals surface area contributed by atoms with Crippen LogP contribution in [0, 0.1) is 5.92 Å². The Morgan fingerprint density at radius 3 is 2.32 bits per heavy atom. The third kappa shape index (κ3) is 4.38. The summed E-state index contributed by atoms with van der Waals surface area (Å²) >= 11 is 0. The number of anilines is 2. The number of aromatic carboxylic acids is 1. The number of carbonyl (C=O) groups is 2. The number of nitrogens with one attached hydrogen (secondary N) is 1. The molecular formula is C18H17F3N4O3. The Morgan fingerprint density at radius 1 is 1.07 bits per heavy atom. The molecule has 1 aliphatic rings. The van der Waals surface area contributed by atoms with Crippen molar-refractivity contribution in [1.29, 1.82) is 0 Å². The molecule has 1 aliphatic heterocycles. The number of para-hydroxylation sites is 1. The Labute approximate surface area is 158 Å². The van der Waals surface area contributed by atoms with Crippen LogP contribution in [0.25, 0.3) is 0 Å². The van der Waals surface area contributed by atoms with E-state index in [9.17, 15) is 22.8 Å². The predicted molar refractivity (Wildman–Crippen MR) is 94.0 cm³/mol. The van der Waals surface area contributed by atoms with E-state index in [2.05, 4.69) is 15.5 Å². The minimum atomic E-state index is -4.55. The second kappa shape index (κ2) is 7.83.